The zero-order chi connectivity index (χ0) is 7.82. The fraction of sp³-hybridized carbons (Fsp3) is 0.571. The average Bonchev–Trinajstić information content (AvgIpc) is 1.87. The highest BCUT2D eigenvalue weighted by Gasteiger charge is 1.86. The third-order valence-electron chi connectivity index (χ3n) is 1.10. The minimum absolute atomic E-state index is 0.492. The van der Waals surface area contributed by atoms with E-state index in [-0.39, 0.29) is 0 Å². The van der Waals surface area contributed by atoms with E-state index >= 15 is 0 Å². The van der Waals surface area contributed by atoms with Gasteiger partial charge in [0, 0.05) is 13.0 Å². The Bertz CT molecular complexity index is 112. The van der Waals surface area contributed by atoms with Crippen molar-refractivity contribution in [1.82, 2.24) is 5.32 Å². The number of rotatable bonds is 6. The highest BCUT2D eigenvalue weighted by atomic mass is 16.1. The number of unbranched alkanes of at least 4 members (excludes halogenated alkanes) is 2. The second kappa shape index (κ2) is 6.13. The Labute approximate surface area is 61.3 Å². The van der Waals surface area contributed by atoms with Crippen molar-refractivity contribution in [1.29, 1.82) is 0 Å². The molecule has 3 nitrogen and oxygen atoms in total. The fourth-order valence-corrected chi connectivity index (χ4v) is 0.602. The van der Waals surface area contributed by atoms with Crippen LogP contribution < -0.4 is 11.1 Å². The van der Waals surface area contributed by atoms with Gasteiger partial charge in [-0.25, -0.2) is 0 Å². The van der Waals surface area contributed by atoms with Crippen LogP contribution in [0.4, 0.5) is 0 Å². The molecular weight excluding hydrogens is 128 g/mol. The highest BCUT2D eigenvalue weighted by Crippen LogP contribution is 1.89. The third-order valence-corrected chi connectivity index (χ3v) is 1.10. The largest absolute Gasteiger partial charge is 0.386 e. The topological polar surface area (TPSA) is 55.1 Å². The molecule has 0 saturated heterocycles. The molecule has 0 amide bonds. The van der Waals surface area contributed by atoms with Crippen LogP contribution in [-0.2, 0) is 4.79 Å². The lowest BCUT2D eigenvalue weighted by Gasteiger charge is -2.01. The molecule has 0 aliphatic carbocycles. The number of carbonyl (C=O) groups is 1. The molecule has 3 N–H and O–H groups in total. The van der Waals surface area contributed by atoms with E-state index in [4.69, 9.17) is 5.73 Å². The zero-order valence-corrected chi connectivity index (χ0v) is 6.10. The van der Waals surface area contributed by atoms with Gasteiger partial charge < -0.3 is 15.8 Å². The lowest BCUT2D eigenvalue weighted by Crippen LogP contribution is -2.19. The van der Waals surface area contributed by atoms with Crippen molar-refractivity contribution in [2.24, 2.45) is 5.73 Å². The van der Waals surface area contributed by atoms with Crippen molar-refractivity contribution in [2.75, 3.05) is 6.54 Å². The van der Waals surface area contributed by atoms with Crippen LogP contribution in [0, 0.1) is 0 Å². The first-order chi connectivity index (χ1) is 4.77. The molecule has 58 valence electrons. The first kappa shape index (κ1) is 9.01. The van der Waals surface area contributed by atoms with Gasteiger partial charge in [-0.2, -0.15) is 0 Å². The Kier molecular flexibility index (Phi) is 5.53. The van der Waals surface area contributed by atoms with Crippen LogP contribution in [0.25, 0.3) is 0 Å². The number of hydrogen-bond donors (Lipinski definition) is 2. The monoisotopic (exact) mass is 142 g/mol. The molecule has 0 aliphatic heterocycles. The number of nitrogens with two attached hydrogens (primary N) is 1. The first-order valence-electron chi connectivity index (χ1n) is 3.39. The minimum Gasteiger partial charge on any atom is -0.386 e. The summed E-state index contributed by atoms with van der Waals surface area (Å²) in [7, 11) is 0. The second-order valence-corrected chi connectivity index (χ2v) is 2.11. The van der Waals surface area contributed by atoms with Gasteiger partial charge in [0.2, 0.25) is 0 Å². The minimum atomic E-state index is 0.492. The van der Waals surface area contributed by atoms with E-state index in [1.807, 2.05) is 0 Å². The summed E-state index contributed by atoms with van der Waals surface area (Å²) in [6.45, 7) is 4.28. The van der Waals surface area contributed by atoms with Crippen molar-refractivity contribution in [3.05, 3.63) is 12.4 Å². The molecule has 0 rings (SSSR count). The fourth-order valence-electron chi connectivity index (χ4n) is 0.602. The Morgan fingerprint density at radius 1 is 1.60 bits per heavy atom. The van der Waals surface area contributed by atoms with E-state index in [1.54, 1.807) is 0 Å². The van der Waals surface area contributed by atoms with Crippen LogP contribution in [0.3, 0.4) is 0 Å². The predicted octanol–water partition coefficient (Wildman–Crippen LogP) is 0.375. The molecule has 0 aromatic heterocycles. The van der Waals surface area contributed by atoms with Crippen molar-refractivity contribution < 1.29 is 4.79 Å². The van der Waals surface area contributed by atoms with E-state index < -0.39 is 0 Å². The van der Waals surface area contributed by atoms with Crippen LogP contribution in [0.1, 0.15) is 19.3 Å². The summed E-state index contributed by atoms with van der Waals surface area (Å²) >= 11 is 0. The quantitative estimate of drug-likeness (QED) is 0.416. The van der Waals surface area contributed by atoms with E-state index in [0.29, 0.717) is 12.2 Å². The number of hydrogen-bond acceptors (Lipinski definition) is 3. The molecule has 0 fully saturated rings. The van der Waals surface area contributed by atoms with Crippen molar-refractivity contribution in [3.8, 4) is 0 Å². The summed E-state index contributed by atoms with van der Waals surface area (Å²) < 4.78 is 0. The lowest BCUT2D eigenvalue weighted by atomic mass is 10.2. The number of nitrogens with one attached hydrogen (secondary N) is 1. The van der Waals surface area contributed by atoms with Gasteiger partial charge in [0.25, 0.3) is 0 Å². The maximum atomic E-state index is 9.84. The molecule has 10 heavy (non-hydrogen) atoms. The summed E-state index contributed by atoms with van der Waals surface area (Å²) in [5.74, 6) is 0.492. The molecule has 0 aromatic carbocycles. The van der Waals surface area contributed by atoms with E-state index in [0.717, 1.165) is 25.7 Å². The Morgan fingerprint density at radius 3 is 2.80 bits per heavy atom. The molecule has 0 unspecified atom stereocenters. The third kappa shape index (κ3) is 7.01. The molecule has 0 heterocycles. The predicted molar refractivity (Wildman–Crippen MR) is 41.2 cm³/mol. The van der Waals surface area contributed by atoms with E-state index in [2.05, 4.69) is 11.9 Å². The number of carbonyl (C=O) groups excluding carboxylic acids is 1. The molecule has 0 aromatic rings. The maximum Gasteiger partial charge on any atom is 0.119 e. The molecule has 0 bridgehead atoms. The molecule has 0 radical (unpaired) electrons. The molecule has 0 atom stereocenters. The van der Waals surface area contributed by atoms with Gasteiger partial charge in [-0.3, -0.25) is 0 Å². The van der Waals surface area contributed by atoms with Gasteiger partial charge in [0.15, 0.2) is 0 Å². The summed E-state index contributed by atoms with van der Waals surface area (Å²) in [4.78, 5) is 9.84. The molecule has 0 spiro atoms. The van der Waals surface area contributed by atoms with Gasteiger partial charge in [0.1, 0.15) is 6.29 Å². The molecule has 3 heteroatoms. The van der Waals surface area contributed by atoms with Crippen LogP contribution in [0.2, 0.25) is 0 Å². The Morgan fingerprint density at radius 2 is 2.30 bits per heavy atom. The van der Waals surface area contributed by atoms with Gasteiger partial charge in [-0.1, -0.05) is 6.58 Å². The van der Waals surface area contributed by atoms with Crippen LogP contribution in [-0.4, -0.2) is 12.8 Å². The van der Waals surface area contributed by atoms with Crippen molar-refractivity contribution >= 4 is 6.29 Å². The number of aldehydes is 1. The first-order valence-corrected chi connectivity index (χ1v) is 3.39. The van der Waals surface area contributed by atoms with Gasteiger partial charge in [-0.05, 0) is 12.8 Å². The summed E-state index contributed by atoms with van der Waals surface area (Å²) in [5.41, 5.74) is 5.23. The van der Waals surface area contributed by atoms with Gasteiger partial charge in [-0.15, -0.1) is 0 Å². The van der Waals surface area contributed by atoms with E-state index in [1.165, 1.54) is 0 Å². The molecule has 0 saturated carbocycles. The van der Waals surface area contributed by atoms with Crippen LogP contribution in [0.5, 0.6) is 0 Å². The average molecular weight is 142 g/mol. The van der Waals surface area contributed by atoms with Crippen LogP contribution in [0.15, 0.2) is 12.4 Å². The Balaban J connectivity index is 2.90. The second-order valence-electron chi connectivity index (χ2n) is 2.11. The van der Waals surface area contributed by atoms with E-state index in [9.17, 15) is 4.79 Å². The van der Waals surface area contributed by atoms with Gasteiger partial charge in [0.05, 0.1) is 5.82 Å². The molecule has 0 aliphatic rings. The Hall–Kier alpha value is -0.990. The van der Waals surface area contributed by atoms with Crippen molar-refractivity contribution in [2.45, 2.75) is 19.3 Å². The normalized spacial score (nSPS) is 8.80. The van der Waals surface area contributed by atoms with Gasteiger partial charge >= 0.3 is 0 Å². The van der Waals surface area contributed by atoms with Crippen molar-refractivity contribution in [3.63, 3.8) is 0 Å². The summed E-state index contributed by atoms with van der Waals surface area (Å²) in [6, 6.07) is 0. The maximum absolute atomic E-state index is 9.84. The standard InChI is InChI=1S/C7H14N2O/c1-7(8)9-5-3-2-4-6-10/h6,9H,1-5,8H2. The zero-order valence-electron chi connectivity index (χ0n) is 6.10. The summed E-state index contributed by atoms with van der Waals surface area (Å²) in [6.07, 6.45) is 3.45. The van der Waals surface area contributed by atoms with Crippen LogP contribution >= 0.6 is 0 Å². The summed E-state index contributed by atoms with van der Waals surface area (Å²) in [5, 5.41) is 2.87. The molecular formula is C7H14N2O. The smallest absolute Gasteiger partial charge is 0.119 e. The lowest BCUT2D eigenvalue weighted by molar-refractivity contribution is -0.107. The SMILES string of the molecule is C=C(N)NCCCCC=O. The highest BCUT2D eigenvalue weighted by molar-refractivity contribution is 5.48.